The average molecular weight is 239 g/mol. The van der Waals surface area contributed by atoms with Crippen LogP contribution in [0.3, 0.4) is 0 Å². The molecular weight excluding hydrogens is 232 g/mol. The summed E-state index contributed by atoms with van der Waals surface area (Å²) in [6, 6.07) is 8.59. The van der Waals surface area contributed by atoms with Gasteiger partial charge in [0.25, 0.3) is 6.08 Å². The highest BCUT2D eigenvalue weighted by atomic mass is 19.3. The Bertz CT molecular complexity index is 569. The summed E-state index contributed by atoms with van der Waals surface area (Å²) >= 11 is 0. The minimum atomic E-state index is -1.79. The van der Waals surface area contributed by atoms with E-state index in [1.807, 2.05) is 0 Å². The predicted molar refractivity (Wildman–Crippen MR) is 58.7 cm³/mol. The van der Waals surface area contributed by atoms with Crippen LogP contribution in [0.4, 0.5) is 17.6 Å². The van der Waals surface area contributed by atoms with Crippen molar-refractivity contribution in [2.45, 2.75) is 0 Å². The quantitative estimate of drug-likeness (QED) is 0.657. The molecule has 0 nitrogen and oxygen atoms in total. The van der Waals surface area contributed by atoms with Gasteiger partial charge in [0, 0.05) is 11.6 Å². The number of hydrogen-bond acceptors (Lipinski definition) is 0. The molecule has 0 heterocycles. The summed E-state index contributed by atoms with van der Waals surface area (Å²) in [5.41, 5.74) is 0.187. The van der Waals surface area contributed by atoms with Gasteiger partial charge < -0.3 is 0 Å². The van der Waals surface area contributed by atoms with Crippen molar-refractivity contribution in [3.05, 3.63) is 60.0 Å². The highest BCUT2D eigenvalue weighted by molar-refractivity contribution is 5.85. The zero-order chi connectivity index (χ0) is 12.4. The predicted octanol–water partition coefficient (Wildman–Crippen LogP) is 4.85. The summed E-state index contributed by atoms with van der Waals surface area (Å²) in [4.78, 5) is 0. The molecule has 87 valence electrons. The molecule has 2 aromatic carbocycles. The molecule has 0 unspecified atom stereocenters. The van der Waals surface area contributed by atoms with Gasteiger partial charge >= 0.3 is 6.43 Å². The summed E-state index contributed by atoms with van der Waals surface area (Å²) < 4.78 is 48.8. The molecule has 0 aliphatic heterocycles. The molecule has 0 aliphatic carbocycles. The van der Waals surface area contributed by atoms with E-state index < -0.39 is 12.5 Å². The Kier molecular flexibility index (Phi) is 3.13. The fourth-order valence-corrected chi connectivity index (χ4v) is 1.60. The lowest BCUT2D eigenvalue weighted by Crippen LogP contribution is -1.85. The van der Waals surface area contributed by atoms with E-state index in [1.165, 1.54) is 36.4 Å². The second-order valence-corrected chi connectivity index (χ2v) is 3.52. The lowest BCUT2D eigenvalue weighted by atomic mass is 10.0. The summed E-state index contributed by atoms with van der Waals surface area (Å²) in [7, 11) is 0. The monoisotopic (exact) mass is 239 g/mol. The van der Waals surface area contributed by atoms with Crippen molar-refractivity contribution in [1.82, 2.24) is 0 Å². The Hall–Kier alpha value is -1.84. The second kappa shape index (κ2) is 4.57. The van der Waals surface area contributed by atoms with Crippen LogP contribution in [0.5, 0.6) is 0 Å². The first kappa shape index (κ1) is 11.6. The molecule has 0 fully saturated rings. The fourth-order valence-electron chi connectivity index (χ4n) is 1.60. The van der Waals surface area contributed by atoms with Crippen LogP contribution in [0.25, 0.3) is 16.8 Å². The van der Waals surface area contributed by atoms with Gasteiger partial charge in [0.05, 0.1) is 0 Å². The normalized spacial score (nSPS) is 10.9. The highest BCUT2D eigenvalue weighted by Gasteiger charge is 2.09. The van der Waals surface area contributed by atoms with E-state index in [2.05, 4.69) is 0 Å². The molecule has 2 rings (SSSR count). The topological polar surface area (TPSA) is 0 Å². The van der Waals surface area contributed by atoms with Gasteiger partial charge in [-0.2, -0.15) is 17.6 Å². The van der Waals surface area contributed by atoms with Gasteiger partial charge in [0.1, 0.15) is 0 Å². The van der Waals surface area contributed by atoms with E-state index >= 15 is 0 Å². The number of fused-ring (bicyclic) bond motifs is 1. The van der Waals surface area contributed by atoms with E-state index in [0.29, 0.717) is 16.3 Å². The minimum Gasteiger partial charge on any atom is -0.194 e. The summed E-state index contributed by atoms with van der Waals surface area (Å²) in [6.07, 6.45) is -2.82. The molecule has 0 saturated heterocycles. The van der Waals surface area contributed by atoms with Crippen LogP contribution in [-0.2, 0) is 0 Å². The summed E-state index contributed by atoms with van der Waals surface area (Å²) in [5.74, 6) is 0. The van der Waals surface area contributed by atoms with Crippen molar-refractivity contribution < 1.29 is 17.6 Å². The third kappa shape index (κ3) is 2.64. The van der Waals surface area contributed by atoms with Crippen LogP contribution in [0.1, 0.15) is 11.1 Å². The SMILES string of the molecule is F[C](F)c1ccc2cc(C=C(F)F)ccc2c1. The van der Waals surface area contributed by atoms with E-state index in [1.54, 1.807) is 0 Å². The maximum Gasteiger partial charge on any atom is 0.339 e. The number of rotatable bonds is 2. The molecule has 0 aromatic heterocycles. The van der Waals surface area contributed by atoms with E-state index in [0.717, 1.165) is 6.08 Å². The van der Waals surface area contributed by atoms with Crippen LogP contribution in [-0.4, -0.2) is 0 Å². The maximum atomic E-state index is 12.4. The number of hydrogen-bond donors (Lipinski definition) is 0. The van der Waals surface area contributed by atoms with Crippen molar-refractivity contribution in [3.63, 3.8) is 0 Å². The van der Waals surface area contributed by atoms with Crippen LogP contribution in [0.15, 0.2) is 42.5 Å². The maximum absolute atomic E-state index is 12.4. The van der Waals surface area contributed by atoms with Crippen molar-refractivity contribution in [1.29, 1.82) is 0 Å². The standard InChI is InChI=1S/C13H7F4/c14-12(15)6-8-1-2-10-7-11(13(16)17)4-3-9(10)5-8/h1-7H. The molecule has 0 bridgehead atoms. The van der Waals surface area contributed by atoms with Crippen LogP contribution in [0, 0.1) is 6.43 Å². The van der Waals surface area contributed by atoms with Crippen molar-refractivity contribution >= 4 is 16.8 Å². The first-order chi connectivity index (χ1) is 8.06. The van der Waals surface area contributed by atoms with Gasteiger partial charge in [-0.3, -0.25) is 0 Å². The van der Waals surface area contributed by atoms with Crippen LogP contribution >= 0.6 is 0 Å². The van der Waals surface area contributed by atoms with Crippen LogP contribution < -0.4 is 0 Å². The van der Waals surface area contributed by atoms with Gasteiger partial charge in [-0.1, -0.05) is 24.3 Å². The fraction of sp³-hybridized carbons (Fsp3) is 0. The van der Waals surface area contributed by atoms with Gasteiger partial charge in [-0.05, 0) is 28.5 Å². The van der Waals surface area contributed by atoms with Gasteiger partial charge in [-0.15, -0.1) is 0 Å². The van der Waals surface area contributed by atoms with Crippen LogP contribution in [0.2, 0.25) is 0 Å². The Morgan fingerprint density at radius 2 is 1.47 bits per heavy atom. The third-order valence-electron chi connectivity index (χ3n) is 2.36. The first-order valence-corrected chi connectivity index (χ1v) is 4.81. The zero-order valence-corrected chi connectivity index (χ0v) is 8.55. The van der Waals surface area contributed by atoms with Crippen molar-refractivity contribution in [2.75, 3.05) is 0 Å². The highest BCUT2D eigenvalue weighted by Crippen LogP contribution is 2.24. The molecule has 1 radical (unpaired) electrons. The van der Waals surface area contributed by atoms with E-state index in [4.69, 9.17) is 0 Å². The lowest BCUT2D eigenvalue weighted by Gasteiger charge is -2.02. The largest absolute Gasteiger partial charge is 0.339 e. The third-order valence-corrected chi connectivity index (χ3v) is 2.36. The minimum absolute atomic E-state index is 0.155. The molecule has 0 saturated carbocycles. The van der Waals surface area contributed by atoms with Gasteiger partial charge in [0.2, 0.25) is 0 Å². The Morgan fingerprint density at radius 1 is 0.824 bits per heavy atom. The molecule has 17 heavy (non-hydrogen) atoms. The molecule has 0 amide bonds. The van der Waals surface area contributed by atoms with E-state index in [-0.39, 0.29) is 5.56 Å². The Labute approximate surface area is 95.2 Å². The summed E-state index contributed by atoms with van der Waals surface area (Å²) in [5, 5.41) is 1.23. The van der Waals surface area contributed by atoms with Crippen molar-refractivity contribution in [2.24, 2.45) is 0 Å². The Balaban J connectivity index is 2.50. The zero-order valence-electron chi connectivity index (χ0n) is 8.55. The molecule has 0 N–H and O–H groups in total. The van der Waals surface area contributed by atoms with Gasteiger partial charge in [-0.25, -0.2) is 0 Å². The smallest absolute Gasteiger partial charge is 0.194 e. The summed E-state index contributed by atoms with van der Waals surface area (Å²) in [6.45, 7) is 0. The molecule has 0 spiro atoms. The number of halogens is 4. The van der Waals surface area contributed by atoms with Gasteiger partial charge in [0.15, 0.2) is 0 Å². The first-order valence-electron chi connectivity index (χ1n) is 4.81. The second-order valence-electron chi connectivity index (χ2n) is 3.52. The van der Waals surface area contributed by atoms with Crippen molar-refractivity contribution in [3.8, 4) is 0 Å². The molecule has 0 aliphatic rings. The van der Waals surface area contributed by atoms with E-state index in [9.17, 15) is 17.6 Å². The Morgan fingerprint density at radius 3 is 2.12 bits per heavy atom. The molecule has 0 atom stereocenters. The lowest BCUT2D eigenvalue weighted by molar-refractivity contribution is 0.325. The molecule has 4 heteroatoms. The average Bonchev–Trinajstić information content (AvgIpc) is 2.27. The molecule has 2 aromatic rings. The number of benzene rings is 2. The molecular formula is C13H7F4.